The third-order valence-electron chi connectivity index (χ3n) is 5.91. The Morgan fingerprint density at radius 3 is 2.11 bits per heavy atom. The van der Waals surface area contributed by atoms with Gasteiger partial charge in [-0.1, -0.05) is 0 Å². The lowest BCUT2D eigenvalue weighted by Gasteiger charge is -2.30. The highest BCUT2D eigenvalue weighted by molar-refractivity contribution is 7.93. The Hall–Kier alpha value is -3.26. The first-order chi connectivity index (χ1) is 16.4. The quantitative estimate of drug-likeness (QED) is 0.494. The number of carbonyl (C=O) groups is 1. The highest BCUT2D eigenvalue weighted by atomic mass is 32.2. The zero-order valence-electron chi connectivity index (χ0n) is 19.3. The van der Waals surface area contributed by atoms with Crippen molar-refractivity contribution < 1.29 is 26.4 Å². The lowest BCUT2D eigenvalue weighted by atomic mass is 9.90. The number of carbonyl (C=O) groups excluding carboxylic acids is 1. The summed E-state index contributed by atoms with van der Waals surface area (Å²) in [6, 6.07) is 11.2. The Morgan fingerprint density at radius 1 is 1.00 bits per heavy atom. The van der Waals surface area contributed by atoms with E-state index in [1.54, 1.807) is 32.0 Å². The lowest BCUT2D eigenvalue weighted by Crippen LogP contribution is -2.40. The number of nitrogens with zero attached hydrogens (tertiary/aromatic N) is 1. The minimum absolute atomic E-state index is 0.0505. The monoisotopic (exact) mass is 508 g/mol. The van der Waals surface area contributed by atoms with Gasteiger partial charge in [0.25, 0.3) is 5.91 Å². The van der Waals surface area contributed by atoms with Crippen molar-refractivity contribution in [3.8, 4) is 6.07 Å². The van der Waals surface area contributed by atoms with Gasteiger partial charge in [-0.05, 0) is 82.0 Å². The maximum atomic E-state index is 13.2. The molecule has 0 bridgehead atoms. The van der Waals surface area contributed by atoms with Gasteiger partial charge in [-0.15, -0.1) is 0 Å². The van der Waals surface area contributed by atoms with Crippen molar-refractivity contribution in [3.63, 3.8) is 0 Å². The molecule has 1 saturated carbocycles. The third kappa shape index (κ3) is 6.88. The summed E-state index contributed by atoms with van der Waals surface area (Å²) < 4.78 is 65.9. The number of rotatable bonds is 7. The maximum absolute atomic E-state index is 13.2. The molecule has 0 unspecified atom stereocenters. The summed E-state index contributed by atoms with van der Waals surface area (Å²) in [4.78, 5) is 12.6. The predicted octanol–water partition coefficient (Wildman–Crippen LogP) is 4.88. The van der Waals surface area contributed by atoms with E-state index in [-0.39, 0.29) is 18.0 Å². The molecule has 1 aliphatic carbocycles. The fourth-order valence-corrected chi connectivity index (χ4v) is 4.52. The first-order valence-electron chi connectivity index (χ1n) is 11.2. The minimum Gasteiger partial charge on any atom is -0.382 e. The van der Waals surface area contributed by atoms with E-state index in [2.05, 4.69) is 15.4 Å². The van der Waals surface area contributed by atoms with E-state index in [1.807, 2.05) is 0 Å². The lowest BCUT2D eigenvalue weighted by molar-refractivity contribution is -0.137. The molecule has 7 nitrogen and oxygen atoms in total. The largest absolute Gasteiger partial charge is 0.417 e. The maximum Gasteiger partial charge on any atom is 0.417 e. The van der Waals surface area contributed by atoms with Gasteiger partial charge in [0.2, 0.25) is 10.0 Å². The number of amides is 1. The van der Waals surface area contributed by atoms with Gasteiger partial charge in [-0.3, -0.25) is 9.52 Å². The molecular formula is C24H27F3N4O3S. The van der Waals surface area contributed by atoms with E-state index in [0.29, 0.717) is 42.6 Å². The summed E-state index contributed by atoms with van der Waals surface area (Å²) >= 11 is 0. The zero-order valence-corrected chi connectivity index (χ0v) is 20.1. The van der Waals surface area contributed by atoms with E-state index < -0.39 is 32.6 Å². The van der Waals surface area contributed by atoms with Crippen molar-refractivity contribution in [1.29, 1.82) is 5.26 Å². The predicted molar refractivity (Wildman–Crippen MR) is 127 cm³/mol. The standard InChI is InChI=1S/C24H27F3N4O3S/c1-15(2)35(33,34)31-20-6-3-16(4-7-20)23(32)30-19-11-9-18(10-12-19)29-21-8-5-17(14-28)22(13-21)24(25,26)27/h3-8,13,15,18-19,29,31H,9-12H2,1-2H3,(H,30,32). The number of hydrogen-bond donors (Lipinski definition) is 3. The summed E-state index contributed by atoms with van der Waals surface area (Å²) in [5.41, 5.74) is -0.306. The van der Waals surface area contributed by atoms with Crippen LogP contribution in [0.2, 0.25) is 0 Å². The average molecular weight is 509 g/mol. The Labute approximate surface area is 202 Å². The van der Waals surface area contributed by atoms with Crippen LogP contribution in [0.25, 0.3) is 0 Å². The third-order valence-corrected chi connectivity index (χ3v) is 7.67. The smallest absolute Gasteiger partial charge is 0.382 e. The van der Waals surface area contributed by atoms with Crippen molar-refractivity contribution in [2.75, 3.05) is 10.0 Å². The minimum atomic E-state index is -4.61. The molecule has 35 heavy (non-hydrogen) atoms. The molecule has 2 aromatic rings. The molecule has 188 valence electrons. The van der Waals surface area contributed by atoms with Crippen LogP contribution in [0.5, 0.6) is 0 Å². The van der Waals surface area contributed by atoms with E-state index in [1.165, 1.54) is 18.2 Å². The van der Waals surface area contributed by atoms with E-state index in [0.717, 1.165) is 12.1 Å². The van der Waals surface area contributed by atoms with Crippen LogP contribution in [-0.2, 0) is 16.2 Å². The molecule has 0 atom stereocenters. The topological polar surface area (TPSA) is 111 Å². The van der Waals surface area contributed by atoms with Crippen LogP contribution in [0.15, 0.2) is 42.5 Å². The molecule has 0 spiro atoms. The molecule has 0 radical (unpaired) electrons. The highest BCUT2D eigenvalue weighted by Gasteiger charge is 2.34. The van der Waals surface area contributed by atoms with E-state index >= 15 is 0 Å². The summed E-state index contributed by atoms with van der Waals surface area (Å²) in [7, 11) is -3.47. The Balaban J connectivity index is 1.53. The Kier molecular flexibility index (Phi) is 7.95. The fourth-order valence-electron chi connectivity index (χ4n) is 3.82. The SMILES string of the molecule is CC(C)S(=O)(=O)Nc1ccc(C(=O)NC2CCC(Nc3ccc(C#N)c(C(F)(F)F)c3)CC2)cc1. The number of alkyl halides is 3. The molecule has 1 amide bonds. The molecular weight excluding hydrogens is 481 g/mol. The average Bonchev–Trinajstić information content (AvgIpc) is 2.80. The van der Waals surface area contributed by atoms with Crippen LogP contribution in [0, 0.1) is 11.3 Å². The van der Waals surface area contributed by atoms with Crippen LogP contribution in [0.1, 0.15) is 61.0 Å². The molecule has 0 aromatic heterocycles. The van der Waals surface area contributed by atoms with E-state index in [4.69, 9.17) is 5.26 Å². The van der Waals surface area contributed by atoms with Gasteiger partial charge in [0.1, 0.15) is 0 Å². The van der Waals surface area contributed by atoms with Gasteiger partial charge in [0, 0.05) is 29.0 Å². The van der Waals surface area contributed by atoms with Crippen LogP contribution in [0.4, 0.5) is 24.5 Å². The number of hydrogen-bond acceptors (Lipinski definition) is 5. The first kappa shape index (κ1) is 26.3. The summed E-state index contributed by atoms with van der Waals surface area (Å²) in [5, 5.41) is 14.4. The van der Waals surface area contributed by atoms with Crippen molar-refractivity contribution in [2.45, 2.75) is 63.0 Å². The molecule has 11 heteroatoms. The molecule has 0 aliphatic heterocycles. The molecule has 1 fully saturated rings. The van der Waals surface area contributed by atoms with Gasteiger partial charge in [-0.25, -0.2) is 8.42 Å². The second-order valence-corrected chi connectivity index (χ2v) is 11.0. The van der Waals surface area contributed by atoms with Gasteiger partial charge < -0.3 is 10.6 Å². The normalized spacial score (nSPS) is 18.5. The summed E-state index contributed by atoms with van der Waals surface area (Å²) in [5.74, 6) is -0.276. The van der Waals surface area contributed by atoms with Crippen LogP contribution in [0.3, 0.4) is 0 Å². The van der Waals surface area contributed by atoms with Crippen molar-refractivity contribution in [1.82, 2.24) is 5.32 Å². The van der Waals surface area contributed by atoms with Crippen molar-refractivity contribution in [2.24, 2.45) is 0 Å². The number of nitrogens with one attached hydrogen (secondary N) is 3. The number of benzene rings is 2. The first-order valence-corrected chi connectivity index (χ1v) is 12.7. The molecule has 1 aliphatic rings. The van der Waals surface area contributed by atoms with Crippen LogP contribution >= 0.6 is 0 Å². The molecule has 3 N–H and O–H groups in total. The molecule has 2 aromatic carbocycles. The molecule has 0 heterocycles. The number of anilines is 2. The number of sulfonamides is 1. The van der Waals surface area contributed by atoms with Gasteiger partial charge in [0.05, 0.1) is 22.4 Å². The fraction of sp³-hybridized carbons (Fsp3) is 0.417. The van der Waals surface area contributed by atoms with Gasteiger partial charge in [0.15, 0.2) is 0 Å². The summed E-state index contributed by atoms with van der Waals surface area (Å²) in [6.07, 6.45) is -2.00. The molecule has 0 saturated heterocycles. The Morgan fingerprint density at radius 2 is 1.57 bits per heavy atom. The van der Waals surface area contributed by atoms with Crippen LogP contribution in [-0.4, -0.2) is 31.7 Å². The van der Waals surface area contributed by atoms with Gasteiger partial charge >= 0.3 is 6.18 Å². The summed E-state index contributed by atoms with van der Waals surface area (Å²) in [6.45, 7) is 3.14. The van der Waals surface area contributed by atoms with E-state index in [9.17, 15) is 26.4 Å². The van der Waals surface area contributed by atoms with Crippen molar-refractivity contribution in [3.05, 3.63) is 59.2 Å². The Bertz CT molecular complexity index is 1200. The van der Waals surface area contributed by atoms with Crippen LogP contribution < -0.4 is 15.4 Å². The zero-order chi connectivity index (χ0) is 25.8. The second-order valence-electron chi connectivity index (χ2n) is 8.81. The highest BCUT2D eigenvalue weighted by Crippen LogP contribution is 2.34. The van der Waals surface area contributed by atoms with Gasteiger partial charge in [-0.2, -0.15) is 18.4 Å². The van der Waals surface area contributed by atoms with Crippen molar-refractivity contribution >= 4 is 27.3 Å². The number of halogens is 3. The second kappa shape index (κ2) is 10.6. The number of nitriles is 1. The molecule has 3 rings (SSSR count).